The molecule has 0 heterocycles. The summed E-state index contributed by atoms with van der Waals surface area (Å²) in [5.74, 6) is 6.16. The molecule has 20 heavy (non-hydrogen) atoms. The van der Waals surface area contributed by atoms with Crippen LogP contribution in [0.5, 0.6) is 0 Å². The van der Waals surface area contributed by atoms with Crippen LogP contribution < -0.4 is 11.1 Å². The summed E-state index contributed by atoms with van der Waals surface area (Å²) in [5.41, 5.74) is 6.59. The lowest BCUT2D eigenvalue weighted by Gasteiger charge is -2.31. The molecular weight excluding hydrogens is 272 g/mol. The predicted molar refractivity (Wildman–Crippen MR) is 81.7 cm³/mol. The maximum absolute atomic E-state index is 12.2. The standard InChI is InChI=1S/C16H19ClN2O/c1-11(12-4-2-5-12)19-16(20)14-8-7-13(6-3-9-18)15(17)10-14/h7-8,10-12H,2,4-5,9,18H2,1H3,(H,19,20). The second kappa shape index (κ2) is 6.78. The summed E-state index contributed by atoms with van der Waals surface area (Å²) < 4.78 is 0. The Labute approximate surface area is 124 Å². The minimum atomic E-state index is -0.0790. The smallest absolute Gasteiger partial charge is 0.251 e. The third-order valence-electron chi connectivity index (χ3n) is 3.77. The topological polar surface area (TPSA) is 55.1 Å². The van der Waals surface area contributed by atoms with E-state index in [1.807, 2.05) is 0 Å². The summed E-state index contributed by atoms with van der Waals surface area (Å²) >= 11 is 6.12. The van der Waals surface area contributed by atoms with E-state index in [0.29, 0.717) is 22.1 Å². The number of amides is 1. The number of nitrogens with two attached hydrogens (primary N) is 1. The Morgan fingerprint density at radius 3 is 2.85 bits per heavy atom. The first-order valence-electron chi connectivity index (χ1n) is 6.91. The Hall–Kier alpha value is -1.50. The number of carbonyl (C=O) groups excluding carboxylic acids is 1. The van der Waals surface area contributed by atoms with E-state index < -0.39 is 0 Å². The van der Waals surface area contributed by atoms with Crippen molar-refractivity contribution in [2.24, 2.45) is 11.7 Å². The zero-order chi connectivity index (χ0) is 14.5. The molecule has 2 rings (SSSR count). The van der Waals surface area contributed by atoms with Gasteiger partial charge < -0.3 is 11.1 Å². The van der Waals surface area contributed by atoms with Gasteiger partial charge in [0.25, 0.3) is 5.91 Å². The van der Waals surface area contributed by atoms with Gasteiger partial charge in [-0.05, 0) is 43.9 Å². The summed E-state index contributed by atoms with van der Waals surface area (Å²) in [4.78, 5) is 12.2. The van der Waals surface area contributed by atoms with Crippen LogP contribution in [0.1, 0.15) is 42.1 Å². The first-order chi connectivity index (χ1) is 9.61. The van der Waals surface area contributed by atoms with Crippen molar-refractivity contribution in [2.75, 3.05) is 6.54 Å². The van der Waals surface area contributed by atoms with Crippen molar-refractivity contribution in [1.82, 2.24) is 5.32 Å². The highest BCUT2D eigenvalue weighted by atomic mass is 35.5. The average molecular weight is 291 g/mol. The number of benzene rings is 1. The Morgan fingerprint density at radius 1 is 1.55 bits per heavy atom. The minimum Gasteiger partial charge on any atom is -0.349 e. The second-order valence-electron chi connectivity index (χ2n) is 5.15. The molecule has 1 aliphatic carbocycles. The molecule has 1 aromatic carbocycles. The van der Waals surface area contributed by atoms with Crippen molar-refractivity contribution < 1.29 is 4.79 Å². The van der Waals surface area contributed by atoms with Crippen molar-refractivity contribution in [3.05, 3.63) is 34.3 Å². The highest BCUT2D eigenvalue weighted by molar-refractivity contribution is 6.32. The van der Waals surface area contributed by atoms with Crippen molar-refractivity contribution in [3.63, 3.8) is 0 Å². The zero-order valence-electron chi connectivity index (χ0n) is 11.6. The Morgan fingerprint density at radius 2 is 2.30 bits per heavy atom. The van der Waals surface area contributed by atoms with E-state index in [0.717, 1.165) is 0 Å². The average Bonchev–Trinajstić information content (AvgIpc) is 2.35. The molecule has 3 nitrogen and oxygen atoms in total. The monoisotopic (exact) mass is 290 g/mol. The van der Waals surface area contributed by atoms with Gasteiger partial charge in [0.05, 0.1) is 11.6 Å². The molecule has 1 aliphatic rings. The predicted octanol–water partition coefficient (Wildman–Crippen LogP) is 2.57. The molecule has 3 N–H and O–H groups in total. The molecule has 1 atom stereocenters. The molecule has 4 heteroatoms. The third kappa shape index (κ3) is 3.53. The second-order valence-corrected chi connectivity index (χ2v) is 5.56. The number of carbonyl (C=O) groups is 1. The van der Waals surface area contributed by atoms with Crippen LogP contribution >= 0.6 is 11.6 Å². The quantitative estimate of drug-likeness (QED) is 0.841. The molecule has 1 amide bonds. The molecule has 1 unspecified atom stereocenters. The molecule has 0 aliphatic heterocycles. The number of halogens is 1. The summed E-state index contributed by atoms with van der Waals surface area (Å²) in [7, 11) is 0. The molecule has 1 aromatic rings. The summed E-state index contributed by atoms with van der Waals surface area (Å²) in [5, 5.41) is 3.52. The van der Waals surface area contributed by atoms with E-state index in [2.05, 4.69) is 24.1 Å². The van der Waals surface area contributed by atoms with Crippen LogP contribution in [0.2, 0.25) is 5.02 Å². The lowest BCUT2D eigenvalue weighted by Crippen LogP contribution is -2.40. The highest BCUT2D eigenvalue weighted by Gasteiger charge is 2.25. The van der Waals surface area contributed by atoms with Crippen LogP contribution in [0.4, 0.5) is 0 Å². The maximum Gasteiger partial charge on any atom is 0.251 e. The van der Waals surface area contributed by atoms with Crippen LogP contribution in [0.3, 0.4) is 0 Å². The van der Waals surface area contributed by atoms with Crippen LogP contribution in [0.25, 0.3) is 0 Å². The van der Waals surface area contributed by atoms with Gasteiger partial charge in [-0.2, -0.15) is 0 Å². The molecule has 0 aromatic heterocycles. The van der Waals surface area contributed by atoms with E-state index in [-0.39, 0.29) is 18.5 Å². The molecule has 0 bridgehead atoms. The molecule has 0 radical (unpaired) electrons. The first kappa shape index (κ1) is 14.9. The fourth-order valence-electron chi connectivity index (χ4n) is 2.25. The normalized spacial score (nSPS) is 15.8. The minimum absolute atomic E-state index is 0.0790. The largest absolute Gasteiger partial charge is 0.349 e. The van der Waals surface area contributed by atoms with E-state index in [1.54, 1.807) is 18.2 Å². The molecule has 0 saturated heterocycles. The van der Waals surface area contributed by atoms with Gasteiger partial charge in [-0.25, -0.2) is 0 Å². The van der Waals surface area contributed by atoms with Crippen LogP contribution in [-0.4, -0.2) is 18.5 Å². The van der Waals surface area contributed by atoms with Crippen LogP contribution in [0, 0.1) is 17.8 Å². The molecule has 106 valence electrons. The lowest BCUT2D eigenvalue weighted by atomic mass is 9.80. The molecular formula is C16H19ClN2O. The summed E-state index contributed by atoms with van der Waals surface area (Å²) in [6, 6.07) is 5.38. The number of hydrogen-bond acceptors (Lipinski definition) is 2. The van der Waals surface area contributed by atoms with Crippen molar-refractivity contribution in [2.45, 2.75) is 32.2 Å². The fraction of sp³-hybridized carbons (Fsp3) is 0.438. The van der Waals surface area contributed by atoms with Crippen molar-refractivity contribution in [1.29, 1.82) is 0 Å². The van der Waals surface area contributed by atoms with Gasteiger partial charge in [0.1, 0.15) is 0 Å². The van der Waals surface area contributed by atoms with Gasteiger partial charge in [-0.1, -0.05) is 29.9 Å². The van der Waals surface area contributed by atoms with E-state index in [1.165, 1.54) is 19.3 Å². The van der Waals surface area contributed by atoms with Gasteiger partial charge in [-0.15, -0.1) is 0 Å². The maximum atomic E-state index is 12.2. The fourth-order valence-corrected chi connectivity index (χ4v) is 2.48. The van der Waals surface area contributed by atoms with Crippen molar-refractivity contribution in [3.8, 4) is 11.8 Å². The first-order valence-corrected chi connectivity index (χ1v) is 7.29. The van der Waals surface area contributed by atoms with E-state index in [9.17, 15) is 4.79 Å². The molecule has 0 spiro atoms. The lowest BCUT2D eigenvalue weighted by molar-refractivity contribution is 0.0909. The molecule has 1 fully saturated rings. The van der Waals surface area contributed by atoms with Gasteiger partial charge in [0.2, 0.25) is 0 Å². The van der Waals surface area contributed by atoms with E-state index >= 15 is 0 Å². The number of nitrogens with one attached hydrogen (secondary N) is 1. The van der Waals surface area contributed by atoms with Gasteiger partial charge in [0.15, 0.2) is 0 Å². The van der Waals surface area contributed by atoms with Crippen LogP contribution in [-0.2, 0) is 0 Å². The van der Waals surface area contributed by atoms with Gasteiger partial charge >= 0.3 is 0 Å². The van der Waals surface area contributed by atoms with Crippen molar-refractivity contribution >= 4 is 17.5 Å². The Kier molecular flexibility index (Phi) is 5.05. The summed E-state index contributed by atoms with van der Waals surface area (Å²) in [6.45, 7) is 2.35. The number of rotatable bonds is 3. The van der Waals surface area contributed by atoms with Gasteiger partial charge in [0, 0.05) is 17.2 Å². The molecule has 1 saturated carbocycles. The highest BCUT2D eigenvalue weighted by Crippen LogP contribution is 2.29. The Bertz CT molecular complexity index is 555. The third-order valence-corrected chi connectivity index (χ3v) is 4.08. The van der Waals surface area contributed by atoms with E-state index in [4.69, 9.17) is 17.3 Å². The zero-order valence-corrected chi connectivity index (χ0v) is 12.3. The summed E-state index contributed by atoms with van der Waals surface area (Å²) in [6.07, 6.45) is 3.68. The SMILES string of the molecule is CC(NC(=O)c1ccc(C#CCN)c(Cl)c1)C1CCC1. The van der Waals surface area contributed by atoms with Gasteiger partial charge in [-0.3, -0.25) is 4.79 Å². The number of hydrogen-bond donors (Lipinski definition) is 2. The Balaban J connectivity index is 2.04. The van der Waals surface area contributed by atoms with Crippen LogP contribution in [0.15, 0.2) is 18.2 Å².